The lowest BCUT2D eigenvalue weighted by Crippen LogP contribution is -2.29. The van der Waals surface area contributed by atoms with Crippen molar-refractivity contribution in [2.45, 2.75) is 32.3 Å². The number of aromatic nitrogens is 2. The maximum atomic E-state index is 12.0. The van der Waals surface area contributed by atoms with Crippen LogP contribution in [0.5, 0.6) is 0 Å². The largest absolute Gasteiger partial charge is 0.490 e. The third-order valence-corrected chi connectivity index (χ3v) is 7.68. The Balaban J connectivity index is 2.27. The molecule has 0 radical (unpaired) electrons. The van der Waals surface area contributed by atoms with Crippen LogP contribution in [-0.4, -0.2) is 53.0 Å². The minimum Gasteiger partial charge on any atom is -0.390 e. The molecule has 1 aliphatic rings. The Hall–Kier alpha value is -0.570. The number of aliphatic hydroxyl groups excluding tert-OH is 1. The molecule has 2 heterocycles. The monoisotopic (exact) mass is 514 g/mol. The zero-order chi connectivity index (χ0) is 24.9. The Morgan fingerprint density at radius 1 is 1.27 bits per heavy atom. The van der Waals surface area contributed by atoms with Crippen LogP contribution in [0.1, 0.15) is 21.5 Å². The number of hydrogen-bond donors (Lipinski definition) is 6. The molecular weight excluding hydrogens is 493 g/mol. The summed E-state index contributed by atoms with van der Waals surface area (Å²) in [5.74, 6) is -0.906. The minimum absolute atomic E-state index is 0.126. The Bertz CT molecular complexity index is 1130. The third-order valence-electron chi connectivity index (χ3n) is 3.70. The van der Waals surface area contributed by atoms with Gasteiger partial charge < -0.3 is 29.4 Å². The van der Waals surface area contributed by atoms with Crippen molar-refractivity contribution in [2.24, 2.45) is 5.92 Å². The highest BCUT2D eigenvalue weighted by atomic mass is 32.1. The molecular formula is C11H19N2O13P3S. The smallest absolute Gasteiger partial charge is 0.390 e. The second kappa shape index (κ2) is 9.12. The summed E-state index contributed by atoms with van der Waals surface area (Å²) in [7, 11) is -17.4. The lowest BCUT2D eigenvalue weighted by molar-refractivity contribution is -0.0461. The Morgan fingerprint density at radius 3 is 2.43 bits per heavy atom. The molecule has 30 heavy (non-hydrogen) atoms. The number of aliphatic hydroxyl groups is 1. The van der Waals surface area contributed by atoms with Crippen molar-refractivity contribution in [1.29, 1.82) is 0 Å². The maximum Gasteiger partial charge on any atom is 0.490 e. The first-order chi connectivity index (χ1) is 14.2. The molecule has 6 N–H and O–H groups in total. The molecule has 0 aliphatic carbocycles. The number of ether oxygens (including phenoxy) is 1. The lowest BCUT2D eigenvalue weighted by atomic mass is 10.0. The first-order valence-electron chi connectivity index (χ1n) is 8.75. The molecule has 1 aromatic rings. The van der Waals surface area contributed by atoms with Crippen molar-refractivity contribution in [1.82, 2.24) is 9.55 Å². The van der Waals surface area contributed by atoms with Gasteiger partial charge in [-0.3, -0.25) is 18.9 Å². The summed E-state index contributed by atoms with van der Waals surface area (Å²) in [6, 6.07) is 0. The van der Waals surface area contributed by atoms with Gasteiger partial charge in [0.25, 0.3) is 5.56 Å². The fourth-order valence-corrected chi connectivity index (χ4v) is 5.53. The Kier molecular flexibility index (Phi) is 6.88. The number of phosphoric acid groups is 3. The highest BCUT2D eigenvalue weighted by molar-refractivity contribution is 7.71. The van der Waals surface area contributed by atoms with Crippen molar-refractivity contribution in [3.63, 3.8) is 0 Å². The molecule has 6 atom stereocenters. The highest BCUT2D eigenvalue weighted by Crippen LogP contribution is 2.66. The molecule has 1 aromatic heterocycles. The molecule has 1 saturated heterocycles. The maximum absolute atomic E-state index is 12.0. The zero-order valence-electron chi connectivity index (χ0n) is 17.1. The van der Waals surface area contributed by atoms with Crippen LogP contribution in [0.25, 0.3) is 0 Å². The molecule has 3 unspecified atom stereocenters. The van der Waals surface area contributed by atoms with E-state index in [4.69, 9.17) is 29.5 Å². The first-order valence-corrected chi connectivity index (χ1v) is 12.7. The van der Waals surface area contributed by atoms with Gasteiger partial charge in [0.1, 0.15) is 12.3 Å². The number of nitrogens with one attached hydrogen (secondary N) is 1. The second-order valence-electron chi connectivity index (χ2n) is 6.08. The van der Waals surface area contributed by atoms with E-state index in [-0.39, 0.29) is 10.3 Å². The first kappa shape index (κ1) is 22.6. The summed E-state index contributed by atoms with van der Waals surface area (Å²) in [4.78, 5) is 49.8. The van der Waals surface area contributed by atoms with Crippen molar-refractivity contribution in [3.8, 4) is 0 Å². The van der Waals surface area contributed by atoms with Gasteiger partial charge in [0.15, 0.2) is 4.77 Å². The average molecular weight is 514 g/mol. The SMILES string of the molecule is [2H]C([2H])(OP(=O)(O)OP(=O)(O)OP(=O)(O)O)[C@@H]1O[C@H](n2cc(C)c(=O)[nH]c2=S)[C@H](C)C1O. The normalized spacial score (nSPS) is 30.2. The van der Waals surface area contributed by atoms with Crippen LogP contribution in [0.3, 0.4) is 0 Å². The van der Waals surface area contributed by atoms with Gasteiger partial charge in [-0.1, -0.05) is 6.92 Å². The van der Waals surface area contributed by atoms with Crippen LogP contribution < -0.4 is 5.56 Å². The summed E-state index contributed by atoms with van der Waals surface area (Å²) in [6.07, 6.45) is -3.55. The second-order valence-corrected chi connectivity index (χ2v) is 10.8. The van der Waals surface area contributed by atoms with Crippen molar-refractivity contribution in [2.75, 3.05) is 6.56 Å². The van der Waals surface area contributed by atoms with Crippen LogP contribution >= 0.6 is 35.7 Å². The van der Waals surface area contributed by atoms with Gasteiger partial charge in [-0.05, 0) is 19.1 Å². The molecule has 1 fully saturated rings. The van der Waals surface area contributed by atoms with E-state index in [2.05, 4.69) is 18.1 Å². The quantitative estimate of drug-likeness (QED) is 0.205. The molecule has 172 valence electrons. The summed E-state index contributed by atoms with van der Waals surface area (Å²) in [5.41, 5.74) is -0.277. The summed E-state index contributed by atoms with van der Waals surface area (Å²) in [5, 5.41) is 10.4. The number of H-pyrrole nitrogens is 1. The van der Waals surface area contributed by atoms with Crippen molar-refractivity contribution >= 4 is 35.7 Å². The predicted molar refractivity (Wildman–Crippen MR) is 99.5 cm³/mol. The number of aromatic amines is 1. The van der Waals surface area contributed by atoms with Crippen LogP contribution in [0.15, 0.2) is 11.0 Å². The summed E-state index contributed by atoms with van der Waals surface area (Å²) >= 11 is 5.03. The topological polar surface area (TPSA) is 227 Å². The van der Waals surface area contributed by atoms with E-state index >= 15 is 0 Å². The molecule has 0 saturated carbocycles. The minimum atomic E-state index is -5.88. The zero-order valence-corrected chi connectivity index (χ0v) is 18.6. The molecule has 15 nitrogen and oxygen atoms in total. The van der Waals surface area contributed by atoms with Gasteiger partial charge in [-0.15, -0.1) is 0 Å². The van der Waals surface area contributed by atoms with Gasteiger partial charge in [0, 0.05) is 17.7 Å². The molecule has 0 bridgehead atoms. The number of nitrogens with zero attached hydrogens (tertiary/aromatic N) is 1. The molecule has 2 rings (SSSR count). The van der Waals surface area contributed by atoms with Gasteiger partial charge in [-0.25, -0.2) is 13.7 Å². The molecule has 1 aliphatic heterocycles. The van der Waals surface area contributed by atoms with E-state index < -0.39 is 59.9 Å². The Morgan fingerprint density at radius 2 is 1.87 bits per heavy atom. The number of hydrogen-bond acceptors (Lipinski definition) is 10. The van der Waals surface area contributed by atoms with Crippen LogP contribution in [0.4, 0.5) is 0 Å². The van der Waals surface area contributed by atoms with E-state index in [1.54, 1.807) is 0 Å². The molecule has 0 aromatic carbocycles. The fourth-order valence-electron chi connectivity index (χ4n) is 2.41. The van der Waals surface area contributed by atoms with Crippen LogP contribution in [0, 0.1) is 17.6 Å². The van der Waals surface area contributed by atoms with Crippen molar-refractivity contribution in [3.05, 3.63) is 26.9 Å². The number of rotatable bonds is 8. The van der Waals surface area contributed by atoms with E-state index in [0.29, 0.717) is 0 Å². The summed E-state index contributed by atoms with van der Waals surface area (Å²) < 4.78 is 67.5. The highest BCUT2D eigenvalue weighted by Gasteiger charge is 2.45. The standard InChI is InChI=1S/C11H19N2O13P3S/c1-5-3-13(11(30)12-9(5)15)10-6(2)8(14)7(24-10)4-23-28(19,20)26-29(21,22)25-27(16,17)18/h3,6-8,10,14H,4H2,1-2H3,(H,19,20)(H,21,22)(H,12,15,30)(H2,16,17,18)/t6-,7+,8?,10+/m1/s1/i4D2. The van der Waals surface area contributed by atoms with Gasteiger partial charge >= 0.3 is 23.5 Å². The molecule has 0 spiro atoms. The molecule has 0 amide bonds. The van der Waals surface area contributed by atoms with E-state index in [1.807, 2.05) is 0 Å². The van der Waals surface area contributed by atoms with Crippen LogP contribution in [0.2, 0.25) is 0 Å². The van der Waals surface area contributed by atoms with E-state index in [0.717, 1.165) is 0 Å². The van der Waals surface area contributed by atoms with Gasteiger partial charge in [0.05, 0.1) is 15.4 Å². The number of aryl methyl sites for hydroxylation is 1. The lowest BCUT2D eigenvalue weighted by Gasteiger charge is -2.20. The van der Waals surface area contributed by atoms with E-state index in [1.165, 1.54) is 24.6 Å². The van der Waals surface area contributed by atoms with Gasteiger partial charge in [0.2, 0.25) is 0 Å². The fraction of sp³-hybridized carbons (Fsp3) is 0.636. The summed E-state index contributed by atoms with van der Waals surface area (Å²) in [6.45, 7) is -0.487. The predicted octanol–water partition coefficient (Wildman–Crippen LogP) is 0.452. The Labute approximate surface area is 176 Å². The van der Waals surface area contributed by atoms with Gasteiger partial charge in [-0.2, -0.15) is 8.62 Å². The average Bonchev–Trinajstić information content (AvgIpc) is 2.82. The van der Waals surface area contributed by atoms with Crippen LogP contribution in [-0.2, 0) is 31.6 Å². The van der Waals surface area contributed by atoms with E-state index in [9.17, 15) is 33.4 Å². The third kappa shape index (κ3) is 6.71. The molecule has 19 heteroatoms. The number of phosphoric ester groups is 1. The van der Waals surface area contributed by atoms with Crippen molar-refractivity contribution < 1.29 is 59.0 Å².